The molecule has 1 aliphatic heterocycles. The Balaban J connectivity index is 1.36. The lowest BCUT2D eigenvalue weighted by atomic mass is 10.1. The number of fused-ring (bicyclic) bond motifs is 1. The van der Waals surface area contributed by atoms with Crippen LogP contribution in [0.4, 0.5) is 10.5 Å². The molecule has 4 rings (SSSR count). The first-order valence-electron chi connectivity index (χ1n) is 13.1. The van der Waals surface area contributed by atoms with E-state index in [0.717, 1.165) is 30.6 Å². The Morgan fingerprint density at radius 3 is 2.32 bits per heavy atom. The van der Waals surface area contributed by atoms with Crippen LogP contribution < -0.4 is 10.6 Å². The molecule has 37 heavy (non-hydrogen) atoms. The van der Waals surface area contributed by atoms with Crippen molar-refractivity contribution in [2.24, 2.45) is 0 Å². The molecule has 2 unspecified atom stereocenters. The lowest BCUT2D eigenvalue weighted by Crippen LogP contribution is -2.31. The molecule has 0 aromatic heterocycles. The topological polar surface area (TPSA) is 78.5 Å². The van der Waals surface area contributed by atoms with E-state index in [-0.39, 0.29) is 22.7 Å². The number of amides is 2. The molecule has 196 valence electrons. The Kier molecular flexibility index (Phi) is 8.67. The fourth-order valence-corrected chi connectivity index (χ4v) is 6.37. The zero-order valence-electron chi connectivity index (χ0n) is 21.9. The molecule has 2 atom stereocenters. The minimum Gasteiger partial charge on any atom is -0.331 e. The van der Waals surface area contributed by atoms with Crippen LogP contribution in [0.25, 0.3) is 0 Å². The third-order valence-electron chi connectivity index (χ3n) is 7.10. The van der Waals surface area contributed by atoms with E-state index in [1.54, 1.807) is 24.3 Å². The van der Waals surface area contributed by atoms with Crippen molar-refractivity contribution >= 4 is 21.6 Å². The zero-order chi connectivity index (χ0) is 26.4. The second-order valence-electron chi connectivity index (χ2n) is 9.87. The Hall–Kier alpha value is -3.16. The van der Waals surface area contributed by atoms with Crippen molar-refractivity contribution in [3.8, 4) is 0 Å². The molecule has 1 aliphatic rings. The molecule has 1 heterocycles. The fourth-order valence-electron chi connectivity index (χ4n) is 5.04. The molecule has 3 aromatic rings. The number of sulfone groups is 1. The quantitative estimate of drug-likeness (QED) is 0.323. The molecular formula is C30H37N3O3S. The highest BCUT2D eigenvalue weighted by Crippen LogP contribution is 2.29. The van der Waals surface area contributed by atoms with E-state index in [2.05, 4.69) is 41.5 Å². The van der Waals surface area contributed by atoms with Crippen molar-refractivity contribution in [3.05, 3.63) is 95.1 Å². The highest BCUT2D eigenvalue weighted by molar-refractivity contribution is 7.90. The third-order valence-corrected chi connectivity index (χ3v) is 8.81. The first-order valence-corrected chi connectivity index (χ1v) is 14.7. The number of benzene rings is 3. The normalized spacial score (nSPS) is 15.1. The van der Waals surface area contributed by atoms with Gasteiger partial charge in [0.2, 0.25) is 0 Å². The van der Waals surface area contributed by atoms with Crippen LogP contribution in [0.5, 0.6) is 0 Å². The maximum absolute atomic E-state index is 13.1. The first-order chi connectivity index (χ1) is 17.8. The Bertz CT molecular complexity index is 1310. The van der Waals surface area contributed by atoms with Gasteiger partial charge in [-0.15, -0.1) is 0 Å². The largest absolute Gasteiger partial charge is 0.331 e. The summed E-state index contributed by atoms with van der Waals surface area (Å²) >= 11 is 0. The van der Waals surface area contributed by atoms with Crippen LogP contribution >= 0.6 is 0 Å². The lowest BCUT2D eigenvalue weighted by molar-refractivity contribution is 0.182. The van der Waals surface area contributed by atoms with Crippen LogP contribution in [0.15, 0.2) is 77.7 Å². The minimum atomic E-state index is -3.52. The summed E-state index contributed by atoms with van der Waals surface area (Å²) in [5.74, 6) is -0.0473. The van der Waals surface area contributed by atoms with E-state index in [4.69, 9.17) is 0 Å². The standard InChI is InChI=1S/C30H37N3O3S/c1-4-9-28(5-2)33-19-25-13-12-23(18-26(25)20-33)21-37(35,36)29-16-14-27(15-17-29)32-30(34)31-22(3)24-10-7-6-8-11-24/h6-8,10-18,22,28H,4-5,9,19-21H2,1-3H3,(H2,31,32,34). The van der Waals surface area contributed by atoms with Gasteiger partial charge >= 0.3 is 6.03 Å². The predicted octanol–water partition coefficient (Wildman–Crippen LogP) is 6.44. The number of hydrogen-bond donors (Lipinski definition) is 2. The SMILES string of the molecule is CCCC(CC)N1Cc2ccc(CS(=O)(=O)c3ccc(NC(=O)NC(C)c4ccccc4)cc3)cc2C1. The summed E-state index contributed by atoms with van der Waals surface area (Å²) in [6, 6.07) is 22.2. The fraction of sp³-hybridized carbons (Fsp3) is 0.367. The van der Waals surface area contributed by atoms with Crippen LogP contribution in [0.2, 0.25) is 0 Å². The van der Waals surface area contributed by atoms with Crippen molar-refractivity contribution in [3.63, 3.8) is 0 Å². The summed E-state index contributed by atoms with van der Waals surface area (Å²) in [4.78, 5) is 15.1. The van der Waals surface area contributed by atoms with Crippen LogP contribution in [0.1, 0.15) is 68.3 Å². The van der Waals surface area contributed by atoms with E-state index in [9.17, 15) is 13.2 Å². The number of hydrogen-bond acceptors (Lipinski definition) is 4. The summed E-state index contributed by atoms with van der Waals surface area (Å²) in [5, 5.41) is 5.67. The van der Waals surface area contributed by atoms with Gasteiger partial charge in [0.1, 0.15) is 0 Å². The third kappa shape index (κ3) is 6.79. The highest BCUT2D eigenvalue weighted by atomic mass is 32.2. The molecule has 0 spiro atoms. The smallest absolute Gasteiger partial charge is 0.319 e. The molecule has 0 bridgehead atoms. The molecule has 0 fully saturated rings. The van der Waals surface area contributed by atoms with Gasteiger partial charge in [0.05, 0.1) is 16.7 Å². The Morgan fingerprint density at radius 2 is 1.65 bits per heavy atom. The van der Waals surface area contributed by atoms with Gasteiger partial charge in [0.15, 0.2) is 9.84 Å². The van der Waals surface area contributed by atoms with E-state index in [1.807, 2.05) is 43.3 Å². The molecular weight excluding hydrogens is 482 g/mol. The van der Waals surface area contributed by atoms with Crippen LogP contribution in [0, 0.1) is 0 Å². The molecule has 0 radical (unpaired) electrons. The zero-order valence-corrected chi connectivity index (χ0v) is 22.7. The van der Waals surface area contributed by atoms with E-state index in [1.165, 1.54) is 24.0 Å². The number of nitrogens with zero attached hydrogens (tertiary/aromatic N) is 1. The minimum absolute atomic E-state index is 0.0473. The summed E-state index contributed by atoms with van der Waals surface area (Å²) < 4.78 is 26.3. The second-order valence-corrected chi connectivity index (χ2v) is 11.9. The van der Waals surface area contributed by atoms with Gasteiger partial charge in [-0.25, -0.2) is 13.2 Å². The van der Waals surface area contributed by atoms with E-state index >= 15 is 0 Å². The monoisotopic (exact) mass is 519 g/mol. The highest BCUT2D eigenvalue weighted by Gasteiger charge is 2.25. The van der Waals surface area contributed by atoms with Crippen molar-refractivity contribution in [1.29, 1.82) is 0 Å². The van der Waals surface area contributed by atoms with Crippen molar-refractivity contribution < 1.29 is 13.2 Å². The predicted molar refractivity (Wildman–Crippen MR) is 149 cm³/mol. The molecule has 0 saturated heterocycles. The first kappa shape index (κ1) is 26.9. The van der Waals surface area contributed by atoms with Gasteiger partial charge in [-0.3, -0.25) is 4.90 Å². The van der Waals surface area contributed by atoms with Crippen molar-refractivity contribution in [2.45, 2.75) is 75.9 Å². The van der Waals surface area contributed by atoms with Crippen molar-refractivity contribution in [2.75, 3.05) is 5.32 Å². The molecule has 6 nitrogen and oxygen atoms in total. The number of rotatable bonds is 10. The van der Waals surface area contributed by atoms with Gasteiger partial charge in [-0.05, 0) is 66.3 Å². The molecule has 0 aliphatic carbocycles. The summed E-state index contributed by atoms with van der Waals surface area (Å²) in [5.41, 5.74) is 4.88. The summed E-state index contributed by atoms with van der Waals surface area (Å²) in [7, 11) is -3.52. The second kappa shape index (κ2) is 11.9. The van der Waals surface area contributed by atoms with Crippen LogP contribution in [-0.4, -0.2) is 25.4 Å². The molecule has 2 N–H and O–H groups in total. The average Bonchev–Trinajstić information content (AvgIpc) is 3.31. The summed E-state index contributed by atoms with van der Waals surface area (Å²) in [6.07, 6.45) is 3.48. The molecule has 2 amide bonds. The van der Waals surface area contributed by atoms with Gasteiger partial charge in [0, 0.05) is 24.8 Å². The Morgan fingerprint density at radius 1 is 0.946 bits per heavy atom. The van der Waals surface area contributed by atoms with E-state index < -0.39 is 9.84 Å². The Labute approximate surface area is 221 Å². The maximum atomic E-state index is 13.1. The van der Waals surface area contributed by atoms with Gasteiger partial charge < -0.3 is 10.6 Å². The number of carbonyl (C=O) groups excluding carboxylic acids is 1. The molecule has 3 aromatic carbocycles. The number of anilines is 1. The van der Waals surface area contributed by atoms with Gasteiger partial charge in [-0.1, -0.05) is 68.8 Å². The summed E-state index contributed by atoms with van der Waals surface area (Å²) in [6.45, 7) is 8.19. The van der Waals surface area contributed by atoms with E-state index in [0.29, 0.717) is 11.7 Å². The lowest BCUT2D eigenvalue weighted by Gasteiger charge is -2.26. The number of urea groups is 1. The average molecular weight is 520 g/mol. The van der Waals surface area contributed by atoms with Gasteiger partial charge in [0.25, 0.3) is 0 Å². The molecule has 0 saturated carbocycles. The van der Waals surface area contributed by atoms with Crippen LogP contribution in [0.3, 0.4) is 0 Å². The maximum Gasteiger partial charge on any atom is 0.319 e. The number of carbonyl (C=O) groups is 1. The number of nitrogens with one attached hydrogen (secondary N) is 2. The van der Waals surface area contributed by atoms with Gasteiger partial charge in [-0.2, -0.15) is 0 Å². The van der Waals surface area contributed by atoms with Crippen molar-refractivity contribution in [1.82, 2.24) is 10.2 Å². The molecule has 7 heteroatoms. The van der Waals surface area contributed by atoms with Crippen LogP contribution in [-0.2, 0) is 28.7 Å².